The lowest BCUT2D eigenvalue weighted by Crippen LogP contribution is -3.00. The largest absolute Gasteiger partial charge is 1.00 e. The molecule has 0 spiro atoms. The minimum absolute atomic E-state index is 0. The van der Waals surface area contributed by atoms with Crippen molar-refractivity contribution in [1.29, 1.82) is 0 Å². The molecule has 1 atom stereocenters. The Balaban J connectivity index is 0.00000196. The van der Waals surface area contributed by atoms with Crippen LogP contribution in [0, 0.1) is 0 Å². The molecular weight excluding hydrogens is 189 g/mol. The van der Waals surface area contributed by atoms with E-state index in [9.17, 15) is 0 Å². The van der Waals surface area contributed by atoms with E-state index in [2.05, 4.69) is 49.0 Å². The van der Waals surface area contributed by atoms with Crippen LogP contribution in [0.5, 0.6) is 0 Å². The number of nitrogens with zero attached hydrogens (tertiary/aromatic N) is 1. The maximum atomic E-state index is 2.34. The van der Waals surface area contributed by atoms with Gasteiger partial charge in [0.25, 0.3) is 0 Å². The van der Waals surface area contributed by atoms with E-state index in [1.165, 1.54) is 32.1 Å². The first-order valence-corrected chi connectivity index (χ1v) is 5.84. The number of pyridine rings is 1. The Morgan fingerprint density at radius 3 is 2.20 bits per heavy atom. The van der Waals surface area contributed by atoms with E-state index < -0.39 is 0 Å². The molecule has 0 aromatic carbocycles. The summed E-state index contributed by atoms with van der Waals surface area (Å²) < 4.78 is 2.34. The van der Waals surface area contributed by atoms with Crippen molar-refractivity contribution in [2.75, 3.05) is 0 Å². The molecular formula is C13H22FN. The Bertz CT molecular complexity index is 236. The highest BCUT2D eigenvalue weighted by molar-refractivity contribution is 4.84. The van der Waals surface area contributed by atoms with Gasteiger partial charge < -0.3 is 4.70 Å². The molecule has 1 nitrogen and oxygen atoms in total. The van der Waals surface area contributed by atoms with Crippen LogP contribution in [0.4, 0.5) is 0 Å². The van der Waals surface area contributed by atoms with Crippen LogP contribution < -0.4 is 9.27 Å². The summed E-state index contributed by atoms with van der Waals surface area (Å²) in [4.78, 5) is 0. The van der Waals surface area contributed by atoms with Crippen LogP contribution in [0.15, 0.2) is 30.6 Å². The molecule has 0 aliphatic carbocycles. The van der Waals surface area contributed by atoms with Gasteiger partial charge in [-0.25, -0.2) is 4.57 Å². The van der Waals surface area contributed by atoms with Crippen molar-refractivity contribution in [1.82, 2.24) is 0 Å². The van der Waals surface area contributed by atoms with Gasteiger partial charge in [0.15, 0.2) is 18.4 Å². The Hall–Kier alpha value is -0.920. The molecule has 0 fully saturated rings. The second-order valence-electron chi connectivity index (χ2n) is 3.88. The third kappa shape index (κ3) is 4.91. The summed E-state index contributed by atoms with van der Waals surface area (Å²) in [6, 6.07) is 7.00. The van der Waals surface area contributed by atoms with Crippen LogP contribution in [0.3, 0.4) is 0 Å². The predicted molar refractivity (Wildman–Crippen MR) is 60.1 cm³/mol. The standard InChI is InChI=1S/C13H22N.FH/c1-3-5-7-10-13(4-2)14-11-8-6-9-12-14;/h6,8-9,11-13H,3-5,7,10H2,1-2H3;1H/q+1;/p-1. The van der Waals surface area contributed by atoms with Crippen LogP contribution in [0.2, 0.25) is 0 Å². The van der Waals surface area contributed by atoms with Gasteiger partial charge in [-0.2, -0.15) is 0 Å². The molecule has 0 radical (unpaired) electrons. The number of unbranched alkanes of at least 4 members (excludes halogenated alkanes) is 2. The zero-order valence-corrected chi connectivity index (χ0v) is 9.82. The number of hydrogen-bond donors (Lipinski definition) is 0. The first-order valence-electron chi connectivity index (χ1n) is 5.84. The second kappa shape index (κ2) is 8.39. The molecule has 0 bridgehead atoms. The van der Waals surface area contributed by atoms with Crippen molar-refractivity contribution in [3.8, 4) is 0 Å². The summed E-state index contributed by atoms with van der Waals surface area (Å²) in [5.41, 5.74) is 0. The quantitative estimate of drug-likeness (QED) is 0.477. The summed E-state index contributed by atoms with van der Waals surface area (Å²) in [7, 11) is 0. The molecule has 0 saturated heterocycles. The van der Waals surface area contributed by atoms with Gasteiger partial charge in [0, 0.05) is 25.0 Å². The summed E-state index contributed by atoms with van der Waals surface area (Å²) in [5, 5.41) is 0. The molecule has 1 unspecified atom stereocenters. The van der Waals surface area contributed by atoms with E-state index in [1.807, 2.05) is 0 Å². The van der Waals surface area contributed by atoms with Crippen LogP contribution in [-0.4, -0.2) is 0 Å². The normalized spacial score (nSPS) is 11.9. The molecule has 1 aromatic heterocycles. The molecule has 1 rings (SSSR count). The summed E-state index contributed by atoms with van der Waals surface area (Å²) in [6.07, 6.45) is 11.0. The van der Waals surface area contributed by atoms with Gasteiger partial charge in [-0.15, -0.1) is 0 Å². The van der Waals surface area contributed by atoms with Crippen molar-refractivity contribution in [3.05, 3.63) is 30.6 Å². The molecule has 0 aliphatic heterocycles. The van der Waals surface area contributed by atoms with Crippen molar-refractivity contribution in [2.45, 2.75) is 52.0 Å². The van der Waals surface area contributed by atoms with Gasteiger partial charge >= 0.3 is 0 Å². The van der Waals surface area contributed by atoms with Gasteiger partial charge in [-0.05, 0) is 6.42 Å². The van der Waals surface area contributed by atoms with Crippen LogP contribution in [0.1, 0.15) is 52.0 Å². The Kier molecular flexibility index (Phi) is 7.88. The lowest BCUT2D eigenvalue weighted by Gasteiger charge is -2.09. The van der Waals surface area contributed by atoms with E-state index in [0.29, 0.717) is 6.04 Å². The molecule has 0 N–H and O–H groups in total. The van der Waals surface area contributed by atoms with E-state index in [-0.39, 0.29) is 4.70 Å². The topological polar surface area (TPSA) is 3.88 Å². The maximum absolute atomic E-state index is 2.34. The van der Waals surface area contributed by atoms with Crippen molar-refractivity contribution < 1.29 is 9.27 Å². The fraction of sp³-hybridized carbons (Fsp3) is 0.615. The van der Waals surface area contributed by atoms with Crippen LogP contribution in [0.25, 0.3) is 0 Å². The minimum Gasteiger partial charge on any atom is -1.00 e. The van der Waals surface area contributed by atoms with E-state index in [0.717, 1.165) is 0 Å². The summed E-state index contributed by atoms with van der Waals surface area (Å²) >= 11 is 0. The number of aromatic nitrogens is 1. The van der Waals surface area contributed by atoms with Crippen LogP contribution in [-0.2, 0) is 0 Å². The van der Waals surface area contributed by atoms with Gasteiger partial charge in [0.05, 0.1) is 0 Å². The molecule has 86 valence electrons. The average molecular weight is 211 g/mol. The summed E-state index contributed by atoms with van der Waals surface area (Å²) in [6.45, 7) is 4.53. The third-order valence-electron chi connectivity index (χ3n) is 2.77. The predicted octanol–water partition coefficient (Wildman–Crippen LogP) is 0.509. The van der Waals surface area contributed by atoms with Gasteiger partial charge in [-0.1, -0.05) is 32.8 Å². The number of halogens is 1. The SMILES string of the molecule is CCCCCC(CC)[n+]1ccccc1.[F-]. The fourth-order valence-corrected chi connectivity index (χ4v) is 1.85. The molecule has 15 heavy (non-hydrogen) atoms. The van der Waals surface area contributed by atoms with Gasteiger partial charge in [-0.3, -0.25) is 0 Å². The zero-order valence-electron chi connectivity index (χ0n) is 9.82. The van der Waals surface area contributed by atoms with Gasteiger partial charge in [0.2, 0.25) is 0 Å². The lowest BCUT2D eigenvalue weighted by atomic mass is 10.1. The fourth-order valence-electron chi connectivity index (χ4n) is 1.85. The first kappa shape index (κ1) is 14.1. The Labute approximate surface area is 92.5 Å². The highest BCUT2D eigenvalue weighted by atomic mass is 19.0. The van der Waals surface area contributed by atoms with E-state index in [1.54, 1.807) is 0 Å². The smallest absolute Gasteiger partial charge is 0.169 e. The minimum atomic E-state index is 0. The third-order valence-corrected chi connectivity index (χ3v) is 2.77. The molecule has 0 aliphatic rings. The first-order chi connectivity index (χ1) is 6.88. The Morgan fingerprint density at radius 2 is 1.67 bits per heavy atom. The van der Waals surface area contributed by atoms with Crippen molar-refractivity contribution >= 4 is 0 Å². The molecule has 1 heterocycles. The van der Waals surface area contributed by atoms with Crippen LogP contribution >= 0.6 is 0 Å². The monoisotopic (exact) mass is 211 g/mol. The van der Waals surface area contributed by atoms with Crippen molar-refractivity contribution in [2.24, 2.45) is 0 Å². The van der Waals surface area contributed by atoms with Gasteiger partial charge in [0.1, 0.15) is 0 Å². The van der Waals surface area contributed by atoms with E-state index >= 15 is 0 Å². The summed E-state index contributed by atoms with van der Waals surface area (Å²) in [5.74, 6) is 0. The highest BCUT2D eigenvalue weighted by Gasteiger charge is 2.13. The molecule has 0 saturated carbocycles. The Morgan fingerprint density at radius 1 is 1.00 bits per heavy atom. The van der Waals surface area contributed by atoms with Crippen molar-refractivity contribution in [3.63, 3.8) is 0 Å². The van der Waals surface area contributed by atoms with E-state index in [4.69, 9.17) is 0 Å². The molecule has 1 aromatic rings. The molecule has 2 heteroatoms. The highest BCUT2D eigenvalue weighted by Crippen LogP contribution is 2.12. The molecule has 0 amide bonds. The maximum Gasteiger partial charge on any atom is 0.169 e. The lowest BCUT2D eigenvalue weighted by molar-refractivity contribution is -0.724. The zero-order chi connectivity index (χ0) is 10.2. The number of hydrogen-bond acceptors (Lipinski definition) is 0. The second-order valence-corrected chi connectivity index (χ2v) is 3.88. The number of rotatable bonds is 6. The average Bonchev–Trinajstić information content (AvgIpc) is 2.26.